The fourth-order valence-corrected chi connectivity index (χ4v) is 1.57. The summed E-state index contributed by atoms with van der Waals surface area (Å²) in [4.78, 5) is 0. The maximum atomic E-state index is 5.54. The van der Waals surface area contributed by atoms with Gasteiger partial charge in [-0.15, -0.1) is 0 Å². The summed E-state index contributed by atoms with van der Waals surface area (Å²) in [5.41, 5.74) is 1.35. The van der Waals surface area contributed by atoms with E-state index in [-0.39, 0.29) is 5.41 Å². The molecule has 1 aliphatic carbocycles. The highest BCUT2D eigenvalue weighted by molar-refractivity contribution is 5.37. The second-order valence-electron chi connectivity index (χ2n) is 4.10. The number of fused-ring (bicyclic) bond motifs is 1. The molecule has 0 radical (unpaired) electrons. The van der Waals surface area contributed by atoms with Crippen LogP contribution >= 0.6 is 0 Å². The lowest BCUT2D eigenvalue weighted by Gasteiger charge is -2.22. The van der Waals surface area contributed by atoms with Crippen molar-refractivity contribution >= 4 is 0 Å². The van der Waals surface area contributed by atoms with Gasteiger partial charge in [0.15, 0.2) is 0 Å². The predicted octanol–water partition coefficient (Wildman–Crippen LogP) is 1.97. The molecule has 70 valence electrons. The SMILES string of the molecule is CC1(C)C=CC=C2CNCOC2=C1. The summed E-state index contributed by atoms with van der Waals surface area (Å²) < 4.78 is 5.54. The van der Waals surface area contributed by atoms with E-state index < -0.39 is 0 Å². The smallest absolute Gasteiger partial charge is 0.139 e. The van der Waals surface area contributed by atoms with E-state index in [0.717, 1.165) is 12.3 Å². The van der Waals surface area contributed by atoms with Gasteiger partial charge < -0.3 is 4.74 Å². The number of nitrogens with one attached hydrogen (secondary N) is 1. The third-order valence-corrected chi connectivity index (χ3v) is 2.29. The molecule has 2 rings (SSSR count). The minimum Gasteiger partial charge on any atom is -0.478 e. The number of rotatable bonds is 0. The third kappa shape index (κ3) is 1.83. The summed E-state index contributed by atoms with van der Waals surface area (Å²) in [5, 5.41) is 3.17. The fraction of sp³-hybridized carbons (Fsp3) is 0.455. The topological polar surface area (TPSA) is 21.3 Å². The molecule has 0 bridgehead atoms. The molecule has 2 nitrogen and oxygen atoms in total. The van der Waals surface area contributed by atoms with Gasteiger partial charge in [-0.3, -0.25) is 5.32 Å². The Morgan fingerprint density at radius 2 is 2.31 bits per heavy atom. The van der Waals surface area contributed by atoms with Crippen molar-refractivity contribution in [2.45, 2.75) is 13.8 Å². The Bertz CT molecular complexity index is 297. The van der Waals surface area contributed by atoms with E-state index in [4.69, 9.17) is 4.74 Å². The zero-order chi connectivity index (χ0) is 9.31. The Labute approximate surface area is 79.0 Å². The zero-order valence-electron chi connectivity index (χ0n) is 8.13. The van der Waals surface area contributed by atoms with Crippen LogP contribution in [0.3, 0.4) is 0 Å². The van der Waals surface area contributed by atoms with Gasteiger partial charge >= 0.3 is 0 Å². The first-order valence-electron chi connectivity index (χ1n) is 4.62. The van der Waals surface area contributed by atoms with Gasteiger partial charge in [0.1, 0.15) is 12.5 Å². The second kappa shape index (κ2) is 3.04. The van der Waals surface area contributed by atoms with Gasteiger partial charge in [0, 0.05) is 17.5 Å². The highest BCUT2D eigenvalue weighted by Gasteiger charge is 2.19. The van der Waals surface area contributed by atoms with Crippen LogP contribution < -0.4 is 5.32 Å². The lowest BCUT2D eigenvalue weighted by molar-refractivity contribution is 0.174. The van der Waals surface area contributed by atoms with Gasteiger partial charge in [0.25, 0.3) is 0 Å². The normalized spacial score (nSPS) is 25.1. The Hall–Kier alpha value is -1.02. The van der Waals surface area contributed by atoms with Gasteiger partial charge in [-0.1, -0.05) is 32.1 Å². The summed E-state index contributed by atoms with van der Waals surface area (Å²) in [7, 11) is 0. The molecular weight excluding hydrogens is 162 g/mol. The van der Waals surface area contributed by atoms with E-state index >= 15 is 0 Å². The molecule has 0 spiro atoms. The highest BCUT2D eigenvalue weighted by Crippen LogP contribution is 2.28. The summed E-state index contributed by atoms with van der Waals surface area (Å²) in [5.74, 6) is 1.04. The lowest BCUT2D eigenvalue weighted by Crippen LogP contribution is -2.28. The maximum absolute atomic E-state index is 5.54. The van der Waals surface area contributed by atoms with E-state index in [9.17, 15) is 0 Å². The molecule has 1 N–H and O–H groups in total. The average molecular weight is 177 g/mol. The zero-order valence-corrected chi connectivity index (χ0v) is 8.13. The number of hydrogen-bond donors (Lipinski definition) is 1. The standard InChI is InChI=1S/C11H15NO/c1-11(2)5-3-4-9-7-12-8-13-10(9)6-11/h3-6,12H,7-8H2,1-2H3. The number of hydrogen-bond acceptors (Lipinski definition) is 2. The van der Waals surface area contributed by atoms with E-state index in [1.807, 2.05) is 0 Å². The van der Waals surface area contributed by atoms with Gasteiger partial charge in [-0.2, -0.15) is 0 Å². The molecule has 1 aliphatic heterocycles. The van der Waals surface area contributed by atoms with E-state index in [0.29, 0.717) is 6.73 Å². The van der Waals surface area contributed by atoms with Gasteiger partial charge in [0.05, 0.1) is 0 Å². The van der Waals surface area contributed by atoms with Gasteiger partial charge in [-0.05, 0) is 6.08 Å². The van der Waals surface area contributed by atoms with E-state index in [1.54, 1.807) is 0 Å². The van der Waals surface area contributed by atoms with Crippen LogP contribution in [0.4, 0.5) is 0 Å². The minimum absolute atomic E-state index is 0.102. The molecule has 0 saturated carbocycles. The van der Waals surface area contributed by atoms with Crippen molar-refractivity contribution in [3.05, 3.63) is 35.6 Å². The lowest BCUT2D eigenvalue weighted by atomic mass is 9.92. The van der Waals surface area contributed by atoms with Crippen LogP contribution in [-0.2, 0) is 4.74 Å². The van der Waals surface area contributed by atoms with Crippen LogP contribution in [0.15, 0.2) is 35.6 Å². The Kier molecular flexibility index (Phi) is 2.00. The van der Waals surface area contributed by atoms with Crippen LogP contribution in [0.25, 0.3) is 0 Å². The van der Waals surface area contributed by atoms with E-state index in [1.165, 1.54) is 5.57 Å². The third-order valence-electron chi connectivity index (χ3n) is 2.29. The molecule has 2 heteroatoms. The van der Waals surface area contributed by atoms with Crippen molar-refractivity contribution in [2.75, 3.05) is 13.3 Å². The van der Waals surface area contributed by atoms with Crippen LogP contribution in [-0.4, -0.2) is 13.3 Å². The maximum Gasteiger partial charge on any atom is 0.139 e. The van der Waals surface area contributed by atoms with Gasteiger partial charge in [-0.25, -0.2) is 0 Å². The Morgan fingerprint density at radius 1 is 1.46 bits per heavy atom. The highest BCUT2D eigenvalue weighted by atomic mass is 16.5. The molecule has 0 atom stereocenters. The monoisotopic (exact) mass is 177 g/mol. The Morgan fingerprint density at radius 3 is 3.15 bits per heavy atom. The molecule has 0 aromatic heterocycles. The van der Waals surface area contributed by atoms with Crippen LogP contribution in [0, 0.1) is 5.41 Å². The van der Waals surface area contributed by atoms with Crippen LogP contribution in [0.5, 0.6) is 0 Å². The molecule has 0 aromatic rings. The quantitative estimate of drug-likeness (QED) is 0.610. The van der Waals surface area contributed by atoms with Crippen LogP contribution in [0.1, 0.15) is 13.8 Å². The molecule has 1 fully saturated rings. The van der Waals surface area contributed by atoms with Crippen molar-refractivity contribution in [3.63, 3.8) is 0 Å². The van der Waals surface area contributed by atoms with Gasteiger partial charge in [0.2, 0.25) is 0 Å². The second-order valence-corrected chi connectivity index (χ2v) is 4.10. The fourth-order valence-electron chi connectivity index (χ4n) is 1.57. The molecule has 2 aliphatic rings. The first kappa shape index (κ1) is 8.57. The van der Waals surface area contributed by atoms with Crippen LogP contribution in [0.2, 0.25) is 0 Å². The van der Waals surface area contributed by atoms with Crippen molar-refractivity contribution < 1.29 is 4.74 Å². The number of ether oxygens (including phenoxy) is 1. The largest absolute Gasteiger partial charge is 0.478 e. The molecule has 13 heavy (non-hydrogen) atoms. The first-order valence-corrected chi connectivity index (χ1v) is 4.62. The Balaban J connectivity index is 2.34. The first-order chi connectivity index (χ1) is 6.17. The summed E-state index contributed by atoms with van der Waals surface area (Å²) >= 11 is 0. The predicted molar refractivity (Wildman–Crippen MR) is 53.0 cm³/mol. The van der Waals surface area contributed by atoms with Crippen molar-refractivity contribution in [2.24, 2.45) is 5.41 Å². The van der Waals surface area contributed by atoms with Crippen molar-refractivity contribution in [1.82, 2.24) is 5.32 Å². The molecule has 1 heterocycles. The van der Waals surface area contributed by atoms with E-state index in [2.05, 4.69) is 43.5 Å². The number of allylic oxidation sites excluding steroid dienone is 4. The molecular formula is C11H15NO. The summed E-state index contributed by atoms with van der Waals surface area (Å²) in [6.45, 7) is 5.89. The minimum atomic E-state index is 0.102. The summed E-state index contributed by atoms with van der Waals surface area (Å²) in [6.07, 6.45) is 8.60. The van der Waals surface area contributed by atoms with Crippen molar-refractivity contribution in [3.8, 4) is 0 Å². The molecule has 0 unspecified atom stereocenters. The molecule has 0 amide bonds. The molecule has 1 saturated heterocycles. The average Bonchev–Trinajstić information content (AvgIpc) is 2.21. The molecule has 0 aromatic carbocycles. The summed E-state index contributed by atoms with van der Waals surface area (Å²) in [6, 6.07) is 0. The van der Waals surface area contributed by atoms with Crippen molar-refractivity contribution in [1.29, 1.82) is 0 Å².